The number of aliphatic imine (C=N–C) groups is 1. The van der Waals surface area contributed by atoms with E-state index in [1.807, 2.05) is 0 Å². The molecule has 0 atom stereocenters. The molecule has 0 aliphatic carbocycles. The minimum atomic E-state index is -4.40. The van der Waals surface area contributed by atoms with Gasteiger partial charge in [0.2, 0.25) is 0 Å². The minimum Gasteiger partial charge on any atom is -0.386 e. The van der Waals surface area contributed by atoms with Gasteiger partial charge in [0.25, 0.3) is 0 Å². The lowest BCUT2D eigenvalue weighted by Crippen LogP contribution is -2.25. The number of aromatic nitrogens is 2. The summed E-state index contributed by atoms with van der Waals surface area (Å²) in [5.74, 6) is 0.300. The van der Waals surface area contributed by atoms with E-state index in [1.165, 1.54) is 4.68 Å². The molecule has 7 heteroatoms. The van der Waals surface area contributed by atoms with Crippen molar-refractivity contribution in [2.24, 2.45) is 10.7 Å². The van der Waals surface area contributed by atoms with Gasteiger partial charge in [0.15, 0.2) is 5.69 Å². The predicted molar refractivity (Wildman–Crippen MR) is 42.6 cm³/mol. The standard InChI is InChI=1S/C7H7F3N4/c8-7(9,10)5-1-4-2-12-6(11)3-14(4)13-5/h1H,2-3H2,(H2,11,12). The Morgan fingerprint density at radius 2 is 2.14 bits per heavy atom. The maximum atomic E-state index is 12.2. The van der Waals surface area contributed by atoms with E-state index in [9.17, 15) is 13.2 Å². The van der Waals surface area contributed by atoms with Crippen LogP contribution in [0.15, 0.2) is 11.1 Å². The molecule has 4 nitrogen and oxygen atoms in total. The van der Waals surface area contributed by atoms with E-state index >= 15 is 0 Å². The number of hydrogen-bond donors (Lipinski definition) is 1. The van der Waals surface area contributed by atoms with E-state index < -0.39 is 11.9 Å². The fourth-order valence-electron chi connectivity index (χ4n) is 1.24. The van der Waals surface area contributed by atoms with Crippen LogP contribution >= 0.6 is 0 Å². The third-order valence-electron chi connectivity index (χ3n) is 1.91. The molecule has 2 rings (SSSR count). The minimum absolute atomic E-state index is 0.130. The predicted octanol–water partition coefficient (Wildman–Crippen LogP) is 0.773. The summed E-state index contributed by atoms with van der Waals surface area (Å²) in [6.45, 7) is 0.292. The molecule has 0 unspecified atom stereocenters. The zero-order chi connectivity index (χ0) is 10.3. The van der Waals surface area contributed by atoms with Crippen LogP contribution in [-0.2, 0) is 19.3 Å². The molecule has 0 bridgehead atoms. The van der Waals surface area contributed by atoms with Gasteiger partial charge in [-0.25, -0.2) is 0 Å². The first-order valence-electron chi connectivity index (χ1n) is 3.89. The van der Waals surface area contributed by atoms with E-state index in [0.717, 1.165) is 6.07 Å². The molecule has 0 radical (unpaired) electrons. The molecular weight excluding hydrogens is 197 g/mol. The smallest absolute Gasteiger partial charge is 0.386 e. The van der Waals surface area contributed by atoms with Gasteiger partial charge in [0.05, 0.1) is 18.8 Å². The highest BCUT2D eigenvalue weighted by Gasteiger charge is 2.35. The molecule has 0 amide bonds. The molecule has 1 aliphatic rings. The molecule has 14 heavy (non-hydrogen) atoms. The number of rotatable bonds is 0. The van der Waals surface area contributed by atoms with Gasteiger partial charge in [0, 0.05) is 0 Å². The van der Waals surface area contributed by atoms with Gasteiger partial charge >= 0.3 is 6.18 Å². The molecule has 1 aliphatic heterocycles. The maximum absolute atomic E-state index is 12.2. The Bertz CT molecular complexity index is 390. The van der Waals surface area contributed by atoms with Crippen LogP contribution in [0, 0.1) is 0 Å². The maximum Gasteiger partial charge on any atom is 0.435 e. The Kier molecular flexibility index (Phi) is 1.76. The topological polar surface area (TPSA) is 56.2 Å². The molecule has 0 fully saturated rings. The first kappa shape index (κ1) is 9.04. The van der Waals surface area contributed by atoms with Crippen LogP contribution in [0.5, 0.6) is 0 Å². The van der Waals surface area contributed by atoms with Gasteiger partial charge in [-0.2, -0.15) is 18.3 Å². The number of nitrogens with two attached hydrogens (primary N) is 1. The molecule has 1 aromatic heterocycles. The number of alkyl halides is 3. The fourth-order valence-corrected chi connectivity index (χ4v) is 1.24. The van der Waals surface area contributed by atoms with Crippen LogP contribution < -0.4 is 5.73 Å². The Balaban J connectivity index is 2.36. The summed E-state index contributed by atoms with van der Waals surface area (Å²) in [5, 5.41) is 3.40. The lowest BCUT2D eigenvalue weighted by atomic mass is 10.3. The third-order valence-corrected chi connectivity index (χ3v) is 1.91. The van der Waals surface area contributed by atoms with Crippen molar-refractivity contribution in [3.05, 3.63) is 17.5 Å². The summed E-state index contributed by atoms with van der Waals surface area (Å²) >= 11 is 0. The molecular formula is C7H7F3N4. The van der Waals surface area contributed by atoms with Crippen molar-refractivity contribution in [1.29, 1.82) is 0 Å². The zero-order valence-electron chi connectivity index (χ0n) is 7.04. The number of hydrogen-bond acceptors (Lipinski definition) is 3. The van der Waals surface area contributed by atoms with Crippen molar-refractivity contribution in [2.45, 2.75) is 19.3 Å². The van der Waals surface area contributed by atoms with Crippen LogP contribution in [0.1, 0.15) is 11.4 Å². The summed E-state index contributed by atoms with van der Waals surface area (Å²) < 4.78 is 37.9. The Labute approximate surface area is 77.2 Å². The Hall–Kier alpha value is -1.53. The monoisotopic (exact) mass is 204 g/mol. The van der Waals surface area contributed by atoms with Crippen LogP contribution in [0.25, 0.3) is 0 Å². The van der Waals surface area contributed by atoms with Crippen molar-refractivity contribution < 1.29 is 13.2 Å². The van der Waals surface area contributed by atoms with E-state index in [-0.39, 0.29) is 13.1 Å². The first-order chi connectivity index (χ1) is 6.47. The highest BCUT2D eigenvalue weighted by atomic mass is 19.4. The lowest BCUT2D eigenvalue weighted by molar-refractivity contribution is -0.141. The van der Waals surface area contributed by atoms with Crippen LogP contribution in [0.3, 0.4) is 0 Å². The molecule has 2 N–H and O–H groups in total. The number of halogens is 3. The third kappa shape index (κ3) is 1.45. The Morgan fingerprint density at radius 1 is 1.43 bits per heavy atom. The Morgan fingerprint density at radius 3 is 2.79 bits per heavy atom. The second kappa shape index (κ2) is 2.73. The average Bonchev–Trinajstić information content (AvgIpc) is 2.45. The number of nitrogens with zero attached hydrogens (tertiary/aromatic N) is 3. The molecule has 0 spiro atoms. The van der Waals surface area contributed by atoms with E-state index in [2.05, 4.69) is 10.1 Å². The lowest BCUT2D eigenvalue weighted by Gasteiger charge is -2.10. The molecule has 0 aromatic carbocycles. The van der Waals surface area contributed by atoms with Crippen molar-refractivity contribution in [3.8, 4) is 0 Å². The van der Waals surface area contributed by atoms with E-state index in [4.69, 9.17) is 5.73 Å². The van der Waals surface area contributed by atoms with Gasteiger partial charge < -0.3 is 5.73 Å². The van der Waals surface area contributed by atoms with Crippen molar-refractivity contribution in [1.82, 2.24) is 9.78 Å². The second-order valence-electron chi connectivity index (χ2n) is 2.98. The molecule has 76 valence electrons. The number of fused-ring (bicyclic) bond motifs is 1. The van der Waals surface area contributed by atoms with Gasteiger partial charge in [-0.3, -0.25) is 9.67 Å². The van der Waals surface area contributed by atoms with Crippen LogP contribution in [0.4, 0.5) is 13.2 Å². The highest BCUT2D eigenvalue weighted by Crippen LogP contribution is 2.29. The summed E-state index contributed by atoms with van der Waals surface area (Å²) in [4.78, 5) is 3.83. The molecule has 2 heterocycles. The summed E-state index contributed by atoms with van der Waals surface area (Å²) in [6, 6.07) is 0.996. The SMILES string of the molecule is NC1=NCc2cc(C(F)(F)F)nn2C1. The van der Waals surface area contributed by atoms with Gasteiger partial charge in [-0.1, -0.05) is 0 Å². The van der Waals surface area contributed by atoms with Crippen molar-refractivity contribution in [2.75, 3.05) is 0 Å². The van der Waals surface area contributed by atoms with Crippen LogP contribution in [0.2, 0.25) is 0 Å². The summed E-state index contributed by atoms with van der Waals surface area (Å²) in [5.41, 5.74) is 4.92. The molecule has 0 saturated heterocycles. The van der Waals surface area contributed by atoms with Gasteiger partial charge in [-0.05, 0) is 6.07 Å². The van der Waals surface area contributed by atoms with Crippen LogP contribution in [-0.4, -0.2) is 15.6 Å². The van der Waals surface area contributed by atoms with E-state index in [0.29, 0.717) is 11.5 Å². The second-order valence-corrected chi connectivity index (χ2v) is 2.98. The van der Waals surface area contributed by atoms with Crippen molar-refractivity contribution >= 4 is 5.84 Å². The van der Waals surface area contributed by atoms with Crippen molar-refractivity contribution in [3.63, 3.8) is 0 Å². The average molecular weight is 204 g/mol. The molecule has 1 aromatic rings. The van der Waals surface area contributed by atoms with Gasteiger partial charge in [0.1, 0.15) is 5.84 Å². The zero-order valence-corrected chi connectivity index (χ0v) is 7.04. The normalized spacial score (nSPS) is 16.4. The van der Waals surface area contributed by atoms with E-state index in [1.54, 1.807) is 0 Å². The molecule has 0 saturated carbocycles. The largest absolute Gasteiger partial charge is 0.435 e. The number of amidine groups is 1. The van der Waals surface area contributed by atoms with Gasteiger partial charge in [-0.15, -0.1) is 0 Å². The summed E-state index contributed by atoms with van der Waals surface area (Å²) in [7, 11) is 0. The fraction of sp³-hybridized carbons (Fsp3) is 0.429. The quantitative estimate of drug-likeness (QED) is 0.678. The summed E-state index contributed by atoms with van der Waals surface area (Å²) in [6.07, 6.45) is -4.40. The first-order valence-corrected chi connectivity index (χ1v) is 3.89. The highest BCUT2D eigenvalue weighted by molar-refractivity contribution is 5.80.